The Hall–Kier alpha value is -2.89. The van der Waals surface area contributed by atoms with E-state index in [0.29, 0.717) is 23.3 Å². The number of carbonyl (C=O) groups is 3. The molecule has 1 aromatic rings. The number of hydrogen-bond donors (Lipinski definition) is 1. The maximum absolute atomic E-state index is 13.3. The molecule has 0 unspecified atom stereocenters. The van der Waals surface area contributed by atoms with Gasteiger partial charge in [-0.15, -0.1) is 0 Å². The van der Waals surface area contributed by atoms with E-state index >= 15 is 0 Å². The second-order valence-corrected chi connectivity index (χ2v) is 9.90. The van der Waals surface area contributed by atoms with Crippen molar-refractivity contribution in [3.8, 4) is 5.75 Å². The normalized spacial score (nSPS) is 23.0. The van der Waals surface area contributed by atoms with E-state index in [1.54, 1.807) is 12.1 Å². The van der Waals surface area contributed by atoms with Crippen molar-refractivity contribution in [2.24, 2.45) is 5.41 Å². The summed E-state index contributed by atoms with van der Waals surface area (Å²) in [6, 6.07) is 7.04. The van der Waals surface area contributed by atoms with Crippen LogP contribution in [-0.2, 0) is 19.1 Å². The minimum Gasteiger partial charge on any atom is -0.459 e. The van der Waals surface area contributed by atoms with Crippen LogP contribution in [0.25, 0.3) is 0 Å². The highest BCUT2D eigenvalue weighted by molar-refractivity contribution is 6.04. The van der Waals surface area contributed by atoms with Crippen molar-refractivity contribution in [1.29, 1.82) is 0 Å². The molecule has 32 heavy (non-hydrogen) atoms. The molecule has 2 aliphatic carbocycles. The number of rotatable bonds is 4. The van der Waals surface area contributed by atoms with Crippen LogP contribution in [0.4, 0.5) is 0 Å². The van der Waals surface area contributed by atoms with Crippen molar-refractivity contribution in [3.63, 3.8) is 0 Å². The Kier molecular flexibility index (Phi) is 5.97. The Morgan fingerprint density at radius 3 is 2.34 bits per heavy atom. The van der Waals surface area contributed by atoms with Gasteiger partial charge in [-0.25, -0.2) is 4.79 Å². The van der Waals surface area contributed by atoms with Crippen molar-refractivity contribution >= 4 is 17.7 Å². The molecule has 6 heteroatoms. The lowest BCUT2D eigenvalue weighted by atomic mass is 9.68. The van der Waals surface area contributed by atoms with Gasteiger partial charge in [-0.3, -0.25) is 9.59 Å². The van der Waals surface area contributed by atoms with Gasteiger partial charge in [0.1, 0.15) is 11.9 Å². The van der Waals surface area contributed by atoms with Gasteiger partial charge in [0.15, 0.2) is 5.78 Å². The van der Waals surface area contributed by atoms with Crippen LogP contribution in [0.2, 0.25) is 0 Å². The fourth-order valence-corrected chi connectivity index (χ4v) is 5.16. The number of esters is 2. The highest BCUT2D eigenvalue weighted by Crippen LogP contribution is 2.47. The van der Waals surface area contributed by atoms with E-state index in [4.69, 9.17) is 9.47 Å². The van der Waals surface area contributed by atoms with Crippen molar-refractivity contribution in [2.75, 3.05) is 0 Å². The van der Waals surface area contributed by atoms with Gasteiger partial charge >= 0.3 is 11.9 Å². The van der Waals surface area contributed by atoms with Crippen LogP contribution >= 0.6 is 0 Å². The zero-order chi connectivity index (χ0) is 23.0. The fourth-order valence-electron chi connectivity index (χ4n) is 5.16. The Morgan fingerprint density at radius 2 is 1.72 bits per heavy atom. The van der Waals surface area contributed by atoms with E-state index in [9.17, 15) is 14.4 Å². The molecule has 1 atom stereocenters. The van der Waals surface area contributed by atoms with Gasteiger partial charge in [0.2, 0.25) is 0 Å². The van der Waals surface area contributed by atoms with Gasteiger partial charge in [-0.05, 0) is 62.1 Å². The summed E-state index contributed by atoms with van der Waals surface area (Å²) in [5.41, 5.74) is 3.41. The molecule has 170 valence electrons. The van der Waals surface area contributed by atoms with E-state index < -0.39 is 11.9 Å². The molecule has 0 bridgehead atoms. The Balaban J connectivity index is 1.75. The summed E-state index contributed by atoms with van der Waals surface area (Å²) in [5, 5.41) is 3.37. The summed E-state index contributed by atoms with van der Waals surface area (Å²) in [6.07, 6.45) is 5.00. The first kappa shape index (κ1) is 22.3. The van der Waals surface area contributed by atoms with Gasteiger partial charge in [0, 0.05) is 36.2 Å². The van der Waals surface area contributed by atoms with Crippen LogP contribution in [0.1, 0.15) is 77.7 Å². The number of benzene rings is 1. The highest BCUT2D eigenvalue weighted by Gasteiger charge is 2.43. The SMILES string of the molecule is CC(=O)Oc1ccc([C@@H]2C(C(=O)OC3CCCC3)=C(C)NC3=C2C(=O)CC(C)(C)C3)cc1. The molecule has 0 aromatic heterocycles. The summed E-state index contributed by atoms with van der Waals surface area (Å²) < 4.78 is 11.0. The van der Waals surface area contributed by atoms with E-state index in [2.05, 4.69) is 19.2 Å². The van der Waals surface area contributed by atoms with Crippen LogP contribution in [0.3, 0.4) is 0 Å². The van der Waals surface area contributed by atoms with Gasteiger partial charge in [0.25, 0.3) is 0 Å². The Bertz CT molecular complexity index is 1010. The van der Waals surface area contributed by atoms with Crippen LogP contribution in [0.15, 0.2) is 46.8 Å². The largest absolute Gasteiger partial charge is 0.459 e. The first-order valence-corrected chi connectivity index (χ1v) is 11.4. The van der Waals surface area contributed by atoms with Crippen molar-refractivity contribution < 1.29 is 23.9 Å². The highest BCUT2D eigenvalue weighted by atomic mass is 16.5. The predicted molar refractivity (Wildman–Crippen MR) is 120 cm³/mol. The summed E-state index contributed by atoms with van der Waals surface area (Å²) in [5.74, 6) is -0.783. The van der Waals surface area contributed by atoms with Gasteiger partial charge in [-0.1, -0.05) is 26.0 Å². The molecule has 1 aliphatic heterocycles. The smallest absolute Gasteiger partial charge is 0.337 e. The number of dihydropyridines is 1. The number of allylic oxidation sites excluding steroid dienone is 3. The molecule has 0 saturated heterocycles. The Labute approximate surface area is 189 Å². The minimum absolute atomic E-state index is 0.0523. The number of ketones is 1. The number of hydrogen-bond acceptors (Lipinski definition) is 6. The Morgan fingerprint density at radius 1 is 1.06 bits per heavy atom. The third kappa shape index (κ3) is 4.50. The molecule has 1 heterocycles. The zero-order valence-corrected chi connectivity index (χ0v) is 19.2. The number of Topliss-reactive ketones (excluding diaryl/α,β-unsaturated/α-hetero) is 1. The first-order chi connectivity index (χ1) is 15.1. The fraction of sp³-hybridized carbons (Fsp3) is 0.500. The molecule has 1 fully saturated rings. The van der Waals surface area contributed by atoms with Crippen molar-refractivity contribution in [3.05, 3.63) is 52.4 Å². The lowest BCUT2D eigenvalue weighted by Gasteiger charge is -2.39. The standard InChI is InChI=1S/C26H31NO5/c1-15-22(25(30)32-18-7-5-6-8-18)23(17-9-11-19(12-10-17)31-16(2)28)24-20(27-15)13-26(3,4)14-21(24)29/h9-12,18,23,27H,5-8,13-14H2,1-4H3/t23-/m1/s1. The molecule has 3 aliphatic rings. The van der Waals surface area contributed by atoms with Gasteiger partial charge < -0.3 is 14.8 Å². The molecule has 1 saturated carbocycles. The quantitative estimate of drug-likeness (QED) is 0.543. The summed E-state index contributed by atoms with van der Waals surface area (Å²) in [4.78, 5) is 38.0. The second-order valence-electron chi connectivity index (χ2n) is 9.90. The average molecular weight is 438 g/mol. The molecular weight excluding hydrogens is 406 g/mol. The second kappa shape index (κ2) is 8.57. The van der Waals surface area contributed by atoms with Crippen LogP contribution in [-0.4, -0.2) is 23.8 Å². The number of nitrogens with one attached hydrogen (secondary N) is 1. The van der Waals surface area contributed by atoms with Gasteiger partial charge in [-0.2, -0.15) is 0 Å². The summed E-state index contributed by atoms with van der Waals surface area (Å²) in [6.45, 7) is 7.40. The van der Waals surface area contributed by atoms with Gasteiger partial charge in [0.05, 0.1) is 5.57 Å². The summed E-state index contributed by atoms with van der Waals surface area (Å²) >= 11 is 0. The van der Waals surface area contributed by atoms with Crippen LogP contribution in [0, 0.1) is 5.41 Å². The molecule has 6 nitrogen and oxygen atoms in total. The monoisotopic (exact) mass is 437 g/mol. The molecule has 0 radical (unpaired) electrons. The molecular formula is C26H31NO5. The molecule has 1 aromatic carbocycles. The van der Waals surface area contributed by atoms with E-state index in [-0.39, 0.29) is 23.3 Å². The third-order valence-electron chi connectivity index (χ3n) is 6.51. The zero-order valence-electron chi connectivity index (χ0n) is 19.2. The number of ether oxygens (including phenoxy) is 2. The molecule has 0 amide bonds. The maximum atomic E-state index is 13.3. The van der Waals surface area contributed by atoms with Crippen LogP contribution < -0.4 is 10.1 Å². The van der Waals surface area contributed by atoms with E-state index in [1.165, 1.54) is 6.92 Å². The van der Waals surface area contributed by atoms with Crippen molar-refractivity contribution in [1.82, 2.24) is 5.32 Å². The molecule has 4 rings (SSSR count). The summed E-state index contributed by atoms with van der Waals surface area (Å²) in [7, 11) is 0. The number of carbonyl (C=O) groups excluding carboxylic acids is 3. The van der Waals surface area contributed by atoms with Crippen LogP contribution in [0.5, 0.6) is 5.75 Å². The van der Waals surface area contributed by atoms with E-state index in [0.717, 1.165) is 49.1 Å². The van der Waals surface area contributed by atoms with E-state index in [1.807, 2.05) is 19.1 Å². The van der Waals surface area contributed by atoms with Crippen molar-refractivity contribution in [2.45, 2.75) is 78.2 Å². The predicted octanol–water partition coefficient (Wildman–Crippen LogP) is 4.70. The third-order valence-corrected chi connectivity index (χ3v) is 6.51. The topological polar surface area (TPSA) is 81.7 Å². The first-order valence-electron chi connectivity index (χ1n) is 11.4. The lowest BCUT2D eigenvalue weighted by molar-refractivity contribution is -0.144. The molecule has 0 spiro atoms. The average Bonchev–Trinajstić information content (AvgIpc) is 3.19. The minimum atomic E-state index is -0.505. The molecule has 1 N–H and O–H groups in total. The lowest BCUT2D eigenvalue weighted by Crippen LogP contribution is -2.39. The maximum Gasteiger partial charge on any atom is 0.337 e.